The Balaban J connectivity index is 1.77. The Morgan fingerprint density at radius 1 is 1.23 bits per heavy atom. The molecule has 4 heterocycles. The summed E-state index contributed by atoms with van der Waals surface area (Å²) in [5.41, 5.74) is 0.897. The number of amides is 1. The van der Waals surface area contributed by atoms with Crippen LogP contribution in [0.5, 0.6) is 0 Å². The minimum absolute atomic E-state index is 0.122. The first-order valence-corrected chi connectivity index (χ1v) is 12.4. The highest BCUT2D eigenvalue weighted by molar-refractivity contribution is 8.26. The van der Waals surface area contributed by atoms with E-state index in [9.17, 15) is 9.59 Å². The SMILES string of the molecule is CC(C)CCN1C(=O)/C(=C/c2c(N3CCSCC3)nc3ccccn3c2=O)SC1=S. The first-order valence-electron chi connectivity index (χ1n) is 10.0. The van der Waals surface area contributed by atoms with Crippen LogP contribution in [0.3, 0.4) is 0 Å². The second kappa shape index (κ2) is 9.11. The number of pyridine rings is 1. The van der Waals surface area contributed by atoms with E-state index in [0.717, 1.165) is 31.0 Å². The van der Waals surface area contributed by atoms with E-state index in [2.05, 4.69) is 18.7 Å². The monoisotopic (exact) mass is 460 g/mol. The number of nitrogens with zero attached hydrogens (tertiary/aromatic N) is 4. The van der Waals surface area contributed by atoms with Gasteiger partial charge in [0.15, 0.2) is 0 Å². The van der Waals surface area contributed by atoms with Crippen LogP contribution in [0.1, 0.15) is 25.8 Å². The molecule has 0 aromatic carbocycles. The molecule has 0 unspecified atom stereocenters. The molecule has 2 aromatic rings. The van der Waals surface area contributed by atoms with E-state index in [-0.39, 0.29) is 11.5 Å². The topological polar surface area (TPSA) is 57.9 Å². The van der Waals surface area contributed by atoms with E-state index < -0.39 is 0 Å². The van der Waals surface area contributed by atoms with Crippen LogP contribution in [0.4, 0.5) is 5.82 Å². The number of thiocarbonyl (C=S) groups is 1. The quantitative estimate of drug-likeness (QED) is 0.500. The summed E-state index contributed by atoms with van der Waals surface area (Å²) in [5.74, 6) is 3.00. The number of hydrogen-bond acceptors (Lipinski definition) is 7. The van der Waals surface area contributed by atoms with Crippen LogP contribution < -0.4 is 10.5 Å². The summed E-state index contributed by atoms with van der Waals surface area (Å²) in [4.78, 5) is 35.4. The van der Waals surface area contributed by atoms with Crippen molar-refractivity contribution >= 4 is 63.5 Å². The molecule has 1 amide bonds. The van der Waals surface area contributed by atoms with Gasteiger partial charge in [0.2, 0.25) is 0 Å². The number of anilines is 1. The van der Waals surface area contributed by atoms with Crippen molar-refractivity contribution in [3.63, 3.8) is 0 Å². The largest absolute Gasteiger partial charge is 0.354 e. The Hall–Kier alpha value is -1.84. The number of rotatable bonds is 5. The predicted octanol–water partition coefficient (Wildman–Crippen LogP) is 3.50. The third-order valence-electron chi connectivity index (χ3n) is 5.14. The first kappa shape index (κ1) is 21.4. The van der Waals surface area contributed by atoms with Crippen LogP contribution in [0.25, 0.3) is 11.7 Å². The van der Waals surface area contributed by atoms with Crippen LogP contribution in [0.15, 0.2) is 34.1 Å². The van der Waals surface area contributed by atoms with E-state index in [1.807, 2.05) is 30.0 Å². The van der Waals surface area contributed by atoms with Gasteiger partial charge in [-0.1, -0.05) is 43.9 Å². The van der Waals surface area contributed by atoms with Gasteiger partial charge in [-0.15, -0.1) is 0 Å². The standard InChI is InChI=1S/C21H24N4O2S3/c1-14(2)6-8-25-20(27)16(30-21(25)28)13-15-18(23-9-11-29-12-10-23)22-17-5-3-4-7-24(17)19(15)26/h3-5,7,13-14H,6,8-12H2,1-2H3/b16-13-. The van der Waals surface area contributed by atoms with Crippen LogP contribution in [0.2, 0.25) is 0 Å². The van der Waals surface area contributed by atoms with Gasteiger partial charge in [0, 0.05) is 37.3 Å². The Bertz CT molecular complexity index is 1070. The van der Waals surface area contributed by atoms with Gasteiger partial charge in [-0.25, -0.2) is 4.98 Å². The molecule has 2 aliphatic rings. The third kappa shape index (κ3) is 4.29. The Morgan fingerprint density at radius 2 is 2.00 bits per heavy atom. The van der Waals surface area contributed by atoms with Gasteiger partial charge in [-0.05, 0) is 30.5 Å². The Kier molecular flexibility index (Phi) is 6.50. The predicted molar refractivity (Wildman–Crippen MR) is 130 cm³/mol. The van der Waals surface area contributed by atoms with Gasteiger partial charge >= 0.3 is 0 Å². The fourth-order valence-electron chi connectivity index (χ4n) is 3.44. The zero-order valence-corrected chi connectivity index (χ0v) is 19.5. The van der Waals surface area contributed by atoms with E-state index in [4.69, 9.17) is 17.2 Å². The maximum absolute atomic E-state index is 13.3. The van der Waals surface area contributed by atoms with Crippen LogP contribution in [-0.2, 0) is 4.79 Å². The van der Waals surface area contributed by atoms with Crippen molar-refractivity contribution in [3.8, 4) is 0 Å². The maximum atomic E-state index is 13.3. The molecule has 158 valence electrons. The first-order chi connectivity index (χ1) is 14.5. The van der Waals surface area contributed by atoms with E-state index in [1.165, 1.54) is 16.2 Å². The molecule has 0 spiro atoms. The van der Waals surface area contributed by atoms with Crippen molar-refractivity contribution in [3.05, 3.63) is 45.2 Å². The molecule has 0 saturated carbocycles. The summed E-state index contributed by atoms with van der Waals surface area (Å²) in [7, 11) is 0. The second-order valence-electron chi connectivity index (χ2n) is 7.70. The summed E-state index contributed by atoms with van der Waals surface area (Å²) in [6.45, 7) is 6.51. The van der Waals surface area contributed by atoms with E-state index in [0.29, 0.717) is 38.7 Å². The smallest absolute Gasteiger partial charge is 0.267 e. The summed E-state index contributed by atoms with van der Waals surface area (Å²) in [6.07, 6.45) is 4.29. The average Bonchev–Trinajstić information content (AvgIpc) is 3.01. The number of carbonyl (C=O) groups excluding carboxylic acids is 1. The summed E-state index contributed by atoms with van der Waals surface area (Å²) >= 11 is 8.61. The van der Waals surface area contributed by atoms with E-state index in [1.54, 1.807) is 17.2 Å². The molecule has 2 fully saturated rings. The lowest BCUT2D eigenvalue weighted by molar-refractivity contribution is -0.122. The Morgan fingerprint density at radius 3 is 2.73 bits per heavy atom. The molecule has 2 saturated heterocycles. The normalized spacial score (nSPS) is 19.0. The summed E-state index contributed by atoms with van der Waals surface area (Å²) < 4.78 is 2.09. The third-order valence-corrected chi connectivity index (χ3v) is 7.46. The molecule has 4 rings (SSSR count). The van der Waals surface area contributed by atoms with Crippen LogP contribution >= 0.6 is 35.7 Å². The van der Waals surface area contributed by atoms with Crippen LogP contribution in [-0.4, -0.2) is 55.7 Å². The number of thioether (sulfide) groups is 2. The highest BCUT2D eigenvalue weighted by Gasteiger charge is 2.32. The molecule has 2 aliphatic heterocycles. The fraction of sp³-hybridized carbons (Fsp3) is 0.429. The average molecular weight is 461 g/mol. The van der Waals surface area contributed by atoms with Gasteiger partial charge in [-0.3, -0.25) is 18.9 Å². The molecule has 0 N–H and O–H groups in total. The summed E-state index contributed by atoms with van der Waals surface area (Å²) in [6, 6.07) is 5.51. The van der Waals surface area contributed by atoms with Crippen molar-refractivity contribution in [1.82, 2.24) is 14.3 Å². The van der Waals surface area contributed by atoms with Gasteiger partial charge in [0.25, 0.3) is 11.5 Å². The molecular weight excluding hydrogens is 436 g/mol. The molecular formula is C21H24N4O2S3. The molecule has 0 atom stereocenters. The lowest BCUT2D eigenvalue weighted by atomic mass is 10.1. The van der Waals surface area contributed by atoms with Crippen molar-refractivity contribution in [2.75, 3.05) is 36.0 Å². The summed E-state index contributed by atoms with van der Waals surface area (Å²) in [5, 5.41) is 0. The number of carbonyl (C=O) groups is 1. The molecule has 0 radical (unpaired) electrons. The minimum Gasteiger partial charge on any atom is -0.354 e. The minimum atomic E-state index is -0.165. The molecule has 2 aromatic heterocycles. The second-order valence-corrected chi connectivity index (χ2v) is 10.6. The lowest BCUT2D eigenvalue weighted by Crippen LogP contribution is -2.36. The maximum Gasteiger partial charge on any atom is 0.267 e. The van der Waals surface area contributed by atoms with Crippen molar-refractivity contribution < 1.29 is 4.79 Å². The van der Waals surface area contributed by atoms with Crippen LogP contribution in [0, 0.1) is 5.92 Å². The van der Waals surface area contributed by atoms with Crippen molar-refractivity contribution in [2.45, 2.75) is 20.3 Å². The van der Waals surface area contributed by atoms with Crippen molar-refractivity contribution in [1.29, 1.82) is 0 Å². The zero-order valence-electron chi connectivity index (χ0n) is 17.0. The van der Waals surface area contributed by atoms with Gasteiger partial charge < -0.3 is 4.90 Å². The van der Waals surface area contributed by atoms with E-state index >= 15 is 0 Å². The molecule has 6 nitrogen and oxygen atoms in total. The number of hydrogen-bond donors (Lipinski definition) is 0. The van der Waals surface area contributed by atoms with Gasteiger partial charge in [0.05, 0.1) is 10.5 Å². The fourth-order valence-corrected chi connectivity index (χ4v) is 5.64. The molecule has 30 heavy (non-hydrogen) atoms. The zero-order chi connectivity index (χ0) is 21.3. The van der Waals surface area contributed by atoms with Crippen molar-refractivity contribution in [2.24, 2.45) is 5.92 Å². The molecule has 0 aliphatic carbocycles. The highest BCUT2D eigenvalue weighted by Crippen LogP contribution is 2.34. The molecule has 0 bridgehead atoms. The molecule has 9 heteroatoms. The van der Waals surface area contributed by atoms with Gasteiger partial charge in [0.1, 0.15) is 15.8 Å². The highest BCUT2D eigenvalue weighted by atomic mass is 32.2. The van der Waals surface area contributed by atoms with Gasteiger partial charge in [-0.2, -0.15) is 11.8 Å². The number of aromatic nitrogens is 2. The number of fused-ring (bicyclic) bond motifs is 1. The lowest BCUT2D eigenvalue weighted by Gasteiger charge is -2.28. The Labute approximate surface area is 189 Å².